The molecule has 2 saturated heterocycles. The van der Waals surface area contributed by atoms with Crippen molar-refractivity contribution in [1.29, 1.82) is 0 Å². The molecule has 2 aromatic rings. The molecule has 0 aliphatic carbocycles. The standard InChI is InChI=1S/C30H38N4O5.ClH/c1-30(29(38)39,32-27(36)24-12-10-23(11-13-24)22-6-3-2-4-7-22)33-28(37)25-8-5-19-34(20-25)26(35)14-9-21-15-17-31-18-16-21;/h2-4,6-7,10-13,21,25,31H,5,8-9,14-20H2,1H3,(H,32,36)(H,33,37)(H,38,39);1H/t25-,30+;/m1./s1. The zero-order valence-electron chi connectivity index (χ0n) is 22.9. The van der Waals surface area contributed by atoms with Gasteiger partial charge in [0.05, 0.1) is 5.92 Å². The van der Waals surface area contributed by atoms with Gasteiger partial charge in [-0.2, -0.15) is 0 Å². The maximum atomic E-state index is 13.1. The molecule has 0 radical (unpaired) electrons. The summed E-state index contributed by atoms with van der Waals surface area (Å²) in [7, 11) is 0. The highest BCUT2D eigenvalue weighted by molar-refractivity contribution is 5.99. The normalized spacial score (nSPS) is 19.0. The number of likely N-dealkylation sites (tertiary alicyclic amines) is 1. The molecule has 3 amide bonds. The van der Waals surface area contributed by atoms with Crippen LogP contribution >= 0.6 is 12.4 Å². The molecule has 0 bridgehead atoms. The van der Waals surface area contributed by atoms with E-state index in [1.807, 2.05) is 30.3 Å². The number of amides is 3. The van der Waals surface area contributed by atoms with E-state index >= 15 is 0 Å². The van der Waals surface area contributed by atoms with Crippen LogP contribution in [0.25, 0.3) is 11.1 Å². The number of carbonyl (C=O) groups excluding carboxylic acids is 3. The molecular formula is C30H39ClN4O5. The van der Waals surface area contributed by atoms with Gasteiger partial charge in [-0.3, -0.25) is 14.4 Å². The first-order valence-electron chi connectivity index (χ1n) is 13.8. The minimum atomic E-state index is -2.01. The minimum absolute atomic E-state index is 0. The summed E-state index contributed by atoms with van der Waals surface area (Å²) in [5.74, 6) is -2.43. The van der Waals surface area contributed by atoms with E-state index in [2.05, 4.69) is 16.0 Å². The molecule has 10 heteroatoms. The summed E-state index contributed by atoms with van der Waals surface area (Å²) in [6.07, 6.45) is 4.69. The van der Waals surface area contributed by atoms with E-state index in [1.165, 1.54) is 6.92 Å². The Morgan fingerprint density at radius 2 is 1.60 bits per heavy atom. The van der Waals surface area contributed by atoms with Gasteiger partial charge >= 0.3 is 5.97 Å². The largest absolute Gasteiger partial charge is 0.478 e. The summed E-state index contributed by atoms with van der Waals surface area (Å²) in [6, 6.07) is 16.5. The molecular weight excluding hydrogens is 532 g/mol. The van der Waals surface area contributed by atoms with Crippen LogP contribution < -0.4 is 16.0 Å². The zero-order valence-corrected chi connectivity index (χ0v) is 23.7. The van der Waals surface area contributed by atoms with Crippen LogP contribution in [0.2, 0.25) is 0 Å². The quantitative estimate of drug-likeness (QED) is 0.342. The van der Waals surface area contributed by atoms with Crippen LogP contribution in [0, 0.1) is 11.8 Å². The highest BCUT2D eigenvalue weighted by Gasteiger charge is 2.39. The van der Waals surface area contributed by atoms with Crippen molar-refractivity contribution >= 4 is 36.1 Å². The van der Waals surface area contributed by atoms with Crippen LogP contribution in [0.1, 0.15) is 55.8 Å². The van der Waals surface area contributed by atoms with Crippen molar-refractivity contribution < 1.29 is 24.3 Å². The topological polar surface area (TPSA) is 128 Å². The lowest BCUT2D eigenvalue weighted by atomic mass is 9.92. The van der Waals surface area contributed by atoms with E-state index in [4.69, 9.17) is 0 Å². The maximum Gasteiger partial charge on any atom is 0.350 e. The van der Waals surface area contributed by atoms with Gasteiger partial charge in [-0.15, -0.1) is 12.4 Å². The van der Waals surface area contributed by atoms with Crippen molar-refractivity contribution in [3.63, 3.8) is 0 Å². The third-order valence-corrected chi connectivity index (χ3v) is 7.79. The minimum Gasteiger partial charge on any atom is -0.478 e. The van der Waals surface area contributed by atoms with Crippen LogP contribution in [-0.2, 0) is 14.4 Å². The van der Waals surface area contributed by atoms with Gasteiger partial charge in [0, 0.05) is 25.1 Å². The van der Waals surface area contributed by atoms with Crippen LogP contribution in [0.15, 0.2) is 54.6 Å². The number of piperidine rings is 2. The molecule has 2 aliphatic rings. The van der Waals surface area contributed by atoms with E-state index in [9.17, 15) is 24.3 Å². The Labute approximate surface area is 241 Å². The number of nitrogens with one attached hydrogen (secondary N) is 3. The molecule has 9 nitrogen and oxygen atoms in total. The lowest BCUT2D eigenvalue weighted by molar-refractivity contribution is -0.149. The lowest BCUT2D eigenvalue weighted by Crippen LogP contribution is -2.65. The van der Waals surface area contributed by atoms with Gasteiger partial charge in [0.1, 0.15) is 0 Å². The summed E-state index contributed by atoms with van der Waals surface area (Å²) in [4.78, 5) is 52.8. The van der Waals surface area contributed by atoms with Crippen molar-refractivity contribution in [2.24, 2.45) is 11.8 Å². The van der Waals surface area contributed by atoms with E-state index in [0.29, 0.717) is 31.7 Å². The average molecular weight is 571 g/mol. The van der Waals surface area contributed by atoms with Crippen molar-refractivity contribution in [1.82, 2.24) is 20.9 Å². The van der Waals surface area contributed by atoms with Gasteiger partial charge in [-0.25, -0.2) is 4.79 Å². The van der Waals surface area contributed by atoms with Gasteiger partial charge in [-0.05, 0) is 81.3 Å². The summed E-state index contributed by atoms with van der Waals surface area (Å²) in [5, 5.41) is 18.2. The summed E-state index contributed by atoms with van der Waals surface area (Å²) in [5.41, 5.74) is 0.194. The summed E-state index contributed by atoms with van der Waals surface area (Å²) in [6.45, 7) is 4.09. The van der Waals surface area contributed by atoms with E-state index in [0.717, 1.165) is 43.5 Å². The predicted octanol–water partition coefficient (Wildman–Crippen LogP) is 3.44. The number of aliphatic carboxylic acids is 1. The Bertz CT molecular complexity index is 1170. The molecule has 40 heavy (non-hydrogen) atoms. The third kappa shape index (κ3) is 8.05. The lowest BCUT2D eigenvalue weighted by Gasteiger charge is -2.35. The summed E-state index contributed by atoms with van der Waals surface area (Å²) >= 11 is 0. The molecule has 2 aliphatic heterocycles. The molecule has 2 heterocycles. The van der Waals surface area contributed by atoms with Crippen LogP contribution in [0.5, 0.6) is 0 Å². The van der Waals surface area contributed by atoms with E-state index in [1.54, 1.807) is 29.2 Å². The fraction of sp³-hybridized carbons (Fsp3) is 0.467. The number of carboxylic acid groups (broad SMARTS) is 1. The maximum absolute atomic E-state index is 13.1. The monoisotopic (exact) mass is 570 g/mol. The number of nitrogens with zero attached hydrogens (tertiary/aromatic N) is 1. The molecule has 4 rings (SSSR count). The fourth-order valence-electron chi connectivity index (χ4n) is 5.30. The molecule has 0 aromatic heterocycles. The van der Waals surface area contributed by atoms with Gasteiger partial charge in [0.2, 0.25) is 17.5 Å². The van der Waals surface area contributed by atoms with Gasteiger partial charge in [0.25, 0.3) is 5.91 Å². The molecule has 2 atom stereocenters. The molecule has 0 saturated carbocycles. The first kappa shape index (κ1) is 31.1. The summed E-state index contributed by atoms with van der Waals surface area (Å²) < 4.78 is 0. The molecule has 0 unspecified atom stereocenters. The number of halogens is 1. The predicted molar refractivity (Wildman–Crippen MR) is 155 cm³/mol. The number of hydrogen-bond acceptors (Lipinski definition) is 5. The van der Waals surface area contributed by atoms with Crippen molar-refractivity contribution in [3.8, 4) is 11.1 Å². The Balaban J connectivity index is 0.00000441. The number of rotatable bonds is 9. The number of carbonyl (C=O) groups is 4. The second-order valence-electron chi connectivity index (χ2n) is 10.7. The smallest absolute Gasteiger partial charge is 0.350 e. The molecule has 4 N–H and O–H groups in total. The second-order valence-corrected chi connectivity index (χ2v) is 10.7. The van der Waals surface area contributed by atoms with Crippen LogP contribution in [0.4, 0.5) is 0 Å². The number of hydrogen-bond donors (Lipinski definition) is 4. The second kappa shape index (κ2) is 14.3. The number of benzene rings is 2. The van der Waals surface area contributed by atoms with Crippen molar-refractivity contribution in [2.75, 3.05) is 26.2 Å². The van der Waals surface area contributed by atoms with Gasteiger partial charge < -0.3 is 26.0 Å². The van der Waals surface area contributed by atoms with Gasteiger partial charge in [0.15, 0.2) is 0 Å². The molecule has 2 fully saturated rings. The molecule has 0 spiro atoms. The highest BCUT2D eigenvalue weighted by Crippen LogP contribution is 2.23. The first-order valence-corrected chi connectivity index (χ1v) is 13.8. The first-order chi connectivity index (χ1) is 18.7. The highest BCUT2D eigenvalue weighted by atomic mass is 35.5. The van der Waals surface area contributed by atoms with Crippen LogP contribution in [0.3, 0.4) is 0 Å². The Morgan fingerprint density at radius 3 is 2.25 bits per heavy atom. The average Bonchev–Trinajstić information content (AvgIpc) is 2.97. The number of carboxylic acids is 1. The Kier molecular flexibility index (Phi) is 11.1. The molecule has 216 valence electrons. The van der Waals surface area contributed by atoms with Crippen molar-refractivity contribution in [3.05, 3.63) is 60.2 Å². The fourth-order valence-corrected chi connectivity index (χ4v) is 5.30. The van der Waals surface area contributed by atoms with Crippen molar-refractivity contribution in [2.45, 2.75) is 51.1 Å². The van der Waals surface area contributed by atoms with Gasteiger partial charge in [-0.1, -0.05) is 42.5 Å². The van der Waals surface area contributed by atoms with E-state index < -0.39 is 29.4 Å². The Hall–Kier alpha value is -3.43. The zero-order chi connectivity index (χ0) is 27.8. The Morgan fingerprint density at radius 1 is 0.950 bits per heavy atom. The van der Waals surface area contributed by atoms with E-state index in [-0.39, 0.29) is 30.4 Å². The van der Waals surface area contributed by atoms with Crippen LogP contribution in [-0.4, -0.2) is 65.5 Å². The molecule has 2 aromatic carbocycles. The SMILES string of the molecule is C[C@](NC(=O)c1ccc(-c2ccccc2)cc1)(NC(=O)[C@@H]1CCCN(C(=O)CCC2CCNCC2)C1)C(=O)O.Cl. The third-order valence-electron chi connectivity index (χ3n) is 7.79.